The first-order valence-corrected chi connectivity index (χ1v) is 25.6. The fourth-order valence-corrected chi connectivity index (χ4v) is 11.6. The van der Waals surface area contributed by atoms with Crippen LogP contribution in [-0.2, 0) is 24.5 Å². The predicted octanol–water partition coefficient (Wildman–Crippen LogP) is 7.49. The maximum Gasteiger partial charge on any atom is 0.297 e. The Morgan fingerprint density at radius 2 is 1.85 bits per heavy atom. The van der Waals surface area contributed by atoms with Gasteiger partial charge in [0.05, 0.1) is 68.6 Å². The molecule has 0 spiro atoms. The molecule has 5 heterocycles. The minimum atomic E-state index is -4.71. The number of pyridine rings is 1. The summed E-state index contributed by atoms with van der Waals surface area (Å²) in [4.78, 5) is 37.2. The van der Waals surface area contributed by atoms with Gasteiger partial charge in [0, 0.05) is 73.2 Å². The van der Waals surface area contributed by atoms with Crippen LogP contribution < -0.4 is 24.4 Å². The minimum absolute atomic E-state index is 0.0249. The van der Waals surface area contributed by atoms with Crippen molar-refractivity contribution in [1.29, 1.82) is 0 Å². The molecule has 2 saturated heterocycles. The summed E-state index contributed by atoms with van der Waals surface area (Å²) in [7, 11) is -7.19. The van der Waals surface area contributed by atoms with Crippen molar-refractivity contribution >= 4 is 70.9 Å². The second-order valence-corrected chi connectivity index (χ2v) is 22.6. The molecule has 0 saturated carbocycles. The third kappa shape index (κ3) is 10.1. The predicted molar refractivity (Wildman–Crippen MR) is 254 cm³/mol. The van der Waals surface area contributed by atoms with Crippen molar-refractivity contribution in [3.63, 3.8) is 0 Å². The molecule has 2 fully saturated rings. The number of hydrogen-bond donors (Lipinski definition) is 3. The largest absolute Gasteiger partial charge is 0.489 e. The van der Waals surface area contributed by atoms with Crippen molar-refractivity contribution in [3.8, 4) is 17.2 Å². The highest BCUT2D eigenvalue weighted by Gasteiger charge is 2.33. The Morgan fingerprint density at radius 3 is 2.61 bits per heavy atom. The Kier molecular flexibility index (Phi) is 12.7. The number of H-pyrrole nitrogens is 1. The highest BCUT2D eigenvalue weighted by Crippen LogP contribution is 2.44. The first-order valence-electron chi connectivity index (χ1n) is 21.8. The SMILES string of the molecule is CC1(C)CCC(CN2CCN(c3ccc(C(=O)NS(=O)(=O)c4cc5c(c([N+](=O)[O-])c4)N[C@@H](CN=S4(=O)CCOCC4)CO5)c(Oc4cnc5[nH]ccc5c4)c3)CC2)=C(c2ccc(Cl)cc2)C1. The number of aromatic amines is 1. The summed E-state index contributed by atoms with van der Waals surface area (Å²) in [6.07, 6.45) is 6.40. The molecule has 0 unspecified atom stereocenters. The lowest BCUT2D eigenvalue weighted by Gasteiger charge is -2.39. The van der Waals surface area contributed by atoms with E-state index in [0.29, 0.717) is 49.2 Å². The van der Waals surface area contributed by atoms with Crippen molar-refractivity contribution in [2.45, 2.75) is 44.0 Å². The number of amides is 1. The fraction of sp³-hybridized carbons (Fsp3) is 0.391. The van der Waals surface area contributed by atoms with Gasteiger partial charge in [-0.05, 0) is 72.2 Å². The molecule has 1 aliphatic carbocycles. The van der Waals surface area contributed by atoms with Gasteiger partial charge in [-0.25, -0.2) is 26.7 Å². The van der Waals surface area contributed by atoms with Crippen molar-refractivity contribution in [3.05, 3.63) is 111 Å². The van der Waals surface area contributed by atoms with Crippen LogP contribution in [-0.4, -0.2) is 115 Å². The van der Waals surface area contributed by atoms with Gasteiger partial charge in [0.1, 0.15) is 23.8 Å². The second-order valence-electron chi connectivity index (χ2n) is 17.8. The number of nitro groups is 1. The number of hydrogen-bond acceptors (Lipinski definition) is 14. The molecule has 5 aromatic rings. The van der Waals surface area contributed by atoms with Crippen LogP contribution in [0, 0.1) is 15.5 Å². The van der Waals surface area contributed by atoms with Gasteiger partial charge in [-0.15, -0.1) is 0 Å². The number of sulfonamides is 1. The van der Waals surface area contributed by atoms with E-state index in [0.717, 1.165) is 67.1 Å². The standard InChI is InChI=1S/C46H51ClN8O9S2/c1-46(2)11-9-32(39(25-46)30-3-5-33(47)6-4-30)28-53-13-15-54(16-14-53)35-7-8-38(41(22-35)64-36-21-31-10-12-48-44(31)49-27-36)45(56)52-66(60,61)37-23-40(55(57)58)43-42(24-37)63-29-34(51-43)26-50-65(59)19-17-62-18-20-65/h3-8,10,12,21-24,27,34,51H,9,11,13-20,25-26,28-29H2,1-2H3,(H,48,49)(H,52,56)/t34-/m0/s1. The summed E-state index contributed by atoms with van der Waals surface area (Å²) in [6.45, 7) is 9.22. The molecule has 17 nitrogen and oxygen atoms in total. The van der Waals surface area contributed by atoms with Crippen LogP contribution in [0.15, 0.2) is 94.0 Å². The number of piperazine rings is 1. The zero-order valence-corrected chi connectivity index (χ0v) is 39.0. The van der Waals surface area contributed by atoms with Crippen LogP contribution in [0.1, 0.15) is 49.0 Å². The normalized spacial score (nSPS) is 19.6. The molecule has 66 heavy (non-hydrogen) atoms. The molecule has 348 valence electrons. The highest BCUT2D eigenvalue weighted by atomic mass is 35.5. The second kappa shape index (κ2) is 18.5. The van der Waals surface area contributed by atoms with E-state index in [1.54, 1.807) is 24.4 Å². The van der Waals surface area contributed by atoms with Gasteiger partial charge in [0.2, 0.25) is 0 Å². The molecule has 4 aliphatic rings. The average Bonchev–Trinajstić information content (AvgIpc) is 3.77. The molecule has 1 atom stereocenters. The Bertz CT molecular complexity index is 2950. The lowest BCUT2D eigenvalue weighted by Crippen LogP contribution is -2.47. The van der Waals surface area contributed by atoms with Gasteiger partial charge < -0.3 is 29.4 Å². The third-order valence-electron chi connectivity index (χ3n) is 12.5. The zero-order chi connectivity index (χ0) is 46.2. The number of rotatable bonds is 12. The van der Waals surface area contributed by atoms with Crippen molar-refractivity contribution in [2.24, 2.45) is 9.78 Å². The summed E-state index contributed by atoms with van der Waals surface area (Å²) in [6, 6.07) is 18.1. The highest BCUT2D eigenvalue weighted by molar-refractivity contribution is 7.93. The number of benzene rings is 3. The fourth-order valence-electron chi connectivity index (χ4n) is 8.82. The molecule has 0 bridgehead atoms. The Balaban J connectivity index is 0.937. The van der Waals surface area contributed by atoms with E-state index in [2.05, 4.69) is 60.1 Å². The van der Waals surface area contributed by atoms with Crippen LogP contribution in [0.2, 0.25) is 5.02 Å². The van der Waals surface area contributed by atoms with Gasteiger partial charge >= 0.3 is 0 Å². The molecule has 0 radical (unpaired) electrons. The molecular formula is C46H51ClN8O9S2. The number of ether oxygens (including phenoxy) is 3. The maximum atomic E-state index is 14.1. The van der Waals surface area contributed by atoms with Gasteiger partial charge in [-0.1, -0.05) is 43.2 Å². The molecule has 20 heteroatoms. The lowest BCUT2D eigenvalue weighted by atomic mass is 9.72. The van der Waals surface area contributed by atoms with E-state index < -0.39 is 47.2 Å². The molecule has 9 rings (SSSR count). The maximum absolute atomic E-state index is 14.1. The lowest BCUT2D eigenvalue weighted by molar-refractivity contribution is -0.384. The number of nitro benzene ring substituents is 1. The van der Waals surface area contributed by atoms with Crippen molar-refractivity contribution in [2.75, 3.05) is 80.8 Å². The van der Waals surface area contributed by atoms with E-state index in [1.807, 2.05) is 18.2 Å². The van der Waals surface area contributed by atoms with Gasteiger partial charge in [0.15, 0.2) is 11.4 Å². The minimum Gasteiger partial charge on any atom is -0.489 e. The summed E-state index contributed by atoms with van der Waals surface area (Å²) in [5, 5.41) is 16.8. The van der Waals surface area contributed by atoms with Gasteiger partial charge in [-0.3, -0.25) is 19.8 Å². The third-order valence-corrected chi connectivity index (χ3v) is 16.3. The molecule has 3 aliphatic heterocycles. The van der Waals surface area contributed by atoms with Crippen LogP contribution in [0.25, 0.3) is 16.6 Å². The van der Waals surface area contributed by atoms with E-state index >= 15 is 0 Å². The molecular weight excluding hydrogens is 908 g/mol. The van der Waals surface area contributed by atoms with E-state index in [1.165, 1.54) is 29.0 Å². The number of anilines is 2. The molecule has 2 aromatic heterocycles. The first-order chi connectivity index (χ1) is 31.6. The number of halogens is 1. The number of fused-ring (bicyclic) bond motifs is 2. The van der Waals surface area contributed by atoms with Crippen LogP contribution in [0.4, 0.5) is 17.1 Å². The molecule has 1 amide bonds. The quantitative estimate of drug-likeness (QED) is 0.0819. The van der Waals surface area contributed by atoms with E-state index in [4.69, 9.17) is 25.8 Å². The number of carbonyl (C=O) groups is 1. The van der Waals surface area contributed by atoms with Crippen molar-refractivity contribution in [1.82, 2.24) is 19.6 Å². The Hall–Kier alpha value is -5.73. The zero-order valence-electron chi connectivity index (χ0n) is 36.6. The summed E-state index contributed by atoms with van der Waals surface area (Å²) in [5.41, 5.74) is 4.98. The van der Waals surface area contributed by atoms with Gasteiger partial charge in [-0.2, -0.15) is 0 Å². The Morgan fingerprint density at radius 1 is 1.08 bits per heavy atom. The van der Waals surface area contributed by atoms with Gasteiger partial charge in [0.25, 0.3) is 21.6 Å². The number of allylic oxidation sites excluding steroid dienone is 1. The molecule has 3 N–H and O–H groups in total. The van der Waals surface area contributed by atoms with Crippen LogP contribution in [0.3, 0.4) is 0 Å². The topological polar surface area (TPSA) is 211 Å². The summed E-state index contributed by atoms with van der Waals surface area (Å²) in [5.74, 6) is -0.101. The first kappa shape index (κ1) is 45.4. The average molecular weight is 960 g/mol. The number of aromatic nitrogens is 2. The van der Waals surface area contributed by atoms with E-state index in [9.17, 15) is 27.5 Å². The number of carbonyl (C=O) groups excluding carboxylic acids is 1. The van der Waals surface area contributed by atoms with Crippen LogP contribution >= 0.6 is 11.6 Å². The monoisotopic (exact) mass is 958 g/mol. The molecule has 3 aromatic carbocycles. The van der Waals surface area contributed by atoms with Crippen LogP contribution in [0.5, 0.6) is 17.2 Å². The summed E-state index contributed by atoms with van der Waals surface area (Å²) < 4.78 is 64.8. The van der Waals surface area contributed by atoms with Crippen molar-refractivity contribution < 1.29 is 36.6 Å². The number of nitrogens with zero attached hydrogens (tertiary/aromatic N) is 5. The Labute approximate surface area is 388 Å². The number of nitrogens with one attached hydrogen (secondary N) is 3. The summed E-state index contributed by atoms with van der Waals surface area (Å²) >= 11 is 6.25. The smallest absolute Gasteiger partial charge is 0.297 e. The van der Waals surface area contributed by atoms with E-state index in [-0.39, 0.29) is 41.3 Å².